The van der Waals surface area contributed by atoms with Crippen LogP contribution in [0.25, 0.3) is 0 Å². The Morgan fingerprint density at radius 2 is 2.05 bits per heavy atom. The van der Waals surface area contributed by atoms with E-state index in [0.717, 1.165) is 22.8 Å². The summed E-state index contributed by atoms with van der Waals surface area (Å²) in [6.07, 6.45) is 0.757. The van der Waals surface area contributed by atoms with Gasteiger partial charge >= 0.3 is 0 Å². The topological polar surface area (TPSA) is 51.4 Å². The number of hydrogen-bond acceptors (Lipinski definition) is 5. The first-order valence-electron chi connectivity index (χ1n) is 7.08. The molecular weight excluding hydrogens is 282 g/mol. The molecule has 1 heterocycles. The Kier molecular flexibility index (Phi) is 5.73. The van der Waals surface area contributed by atoms with Crippen molar-refractivity contribution < 1.29 is 4.74 Å². The number of hydrogen-bond donors (Lipinski definition) is 1. The molecule has 0 aliphatic heterocycles. The highest BCUT2D eigenvalue weighted by atomic mass is 32.1. The van der Waals surface area contributed by atoms with Crippen molar-refractivity contribution in [2.45, 2.75) is 25.4 Å². The predicted molar refractivity (Wildman–Crippen MR) is 88.9 cm³/mol. The van der Waals surface area contributed by atoms with Crippen molar-refractivity contribution in [2.24, 2.45) is 5.73 Å². The van der Waals surface area contributed by atoms with E-state index >= 15 is 0 Å². The Balaban J connectivity index is 2.00. The molecule has 4 nitrogen and oxygen atoms in total. The van der Waals surface area contributed by atoms with Crippen molar-refractivity contribution in [1.29, 1.82) is 0 Å². The van der Waals surface area contributed by atoms with Crippen LogP contribution in [0.1, 0.15) is 24.2 Å². The van der Waals surface area contributed by atoms with Crippen molar-refractivity contribution in [3.8, 4) is 0 Å². The van der Waals surface area contributed by atoms with Gasteiger partial charge in [-0.1, -0.05) is 30.3 Å². The van der Waals surface area contributed by atoms with Crippen LogP contribution in [-0.4, -0.2) is 31.8 Å². The van der Waals surface area contributed by atoms with E-state index in [1.807, 2.05) is 25.2 Å². The standard InChI is InChI=1S/C16H23N3OS/c1-12(10-20-3)19(2)16-18-14(11-21-16)9-15(17)13-7-5-4-6-8-13/h4-8,11-12,15H,9-10,17H2,1-3H3. The van der Waals surface area contributed by atoms with Gasteiger partial charge in [0.25, 0.3) is 0 Å². The van der Waals surface area contributed by atoms with E-state index < -0.39 is 0 Å². The van der Waals surface area contributed by atoms with E-state index in [9.17, 15) is 0 Å². The fourth-order valence-electron chi connectivity index (χ4n) is 2.14. The van der Waals surface area contributed by atoms with Crippen molar-refractivity contribution in [1.82, 2.24) is 4.98 Å². The number of nitrogens with zero attached hydrogens (tertiary/aromatic N) is 2. The van der Waals surface area contributed by atoms with E-state index in [1.165, 1.54) is 0 Å². The first kappa shape index (κ1) is 15.9. The minimum atomic E-state index is -0.0112. The summed E-state index contributed by atoms with van der Waals surface area (Å²) in [4.78, 5) is 6.83. The van der Waals surface area contributed by atoms with Gasteiger partial charge in [-0.25, -0.2) is 4.98 Å². The number of methoxy groups -OCH3 is 1. The summed E-state index contributed by atoms with van der Waals surface area (Å²) >= 11 is 1.65. The van der Waals surface area contributed by atoms with Crippen LogP contribution >= 0.6 is 11.3 Å². The normalized spacial score (nSPS) is 13.9. The fourth-order valence-corrected chi connectivity index (χ4v) is 3.04. The van der Waals surface area contributed by atoms with Gasteiger partial charge in [0, 0.05) is 32.0 Å². The fraction of sp³-hybridized carbons (Fsp3) is 0.438. The lowest BCUT2D eigenvalue weighted by Gasteiger charge is -2.23. The molecule has 114 valence electrons. The van der Waals surface area contributed by atoms with Gasteiger partial charge in [0.05, 0.1) is 18.3 Å². The molecule has 2 rings (SSSR count). The summed E-state index contributed by atoms with van der Waals surface area (Å²) in [5, 5.41) is 3.10. The molecule has 0 bridgehead atoms. The summed E-state index contributed by atoms with van der Waals surface area (Å²) < 4.78 is 5.19. The molecule has 0 fully saturated rings. The van der Waals surface area contributed by atoms with E-state index in [2.05, 4.69) is 34.3 Å². The summed E-state index contributed by atoms with van der Waals surface area (Å²) in [5.74, 6) is 0. The average molecular weight is 305 g/mol. The molecule has 5 heteroatoms. The molecule has 0 aliphatic carbocycles. The summed E-state index contributed by atoms with van der Waals surface area (Å²) in [6, 6.07) is 10.4. The SMILES string of the molecule is COCC(C)N(C)c1nc(CC(N)c2ccccc2)cs1. The van der Waals surface area contributed by atoms with Crippen molar-refractivity contribution in [3.05, 3.63) is 47.0 Å². The van der Waals surface area contributed by atoms with Crippen molar-refractivity contribution >= 4 is 16.5 Å². The summed E-state index contributed by atoms with van der Waals surface area (Å²) in [7, 11) is 3.76. The number of benzene rings is 1. The third-order valence-corrected chi connectivity index (χ3v) is 4.55. The minimum Gasteiger partial charge on any atom is -0.383 e. The second kappa shape index (κ2) is 7.54. The monoisotopic (exact) mass is 305 g/mol. The van der Waals surface area contributed by atoms with Crippen LogP contribution in [0.5, 0.6) is 0 Å². The zero-order valence-electron chi connectivity index (χ0n) is 12.8. The molecule has 2 N–H and O–H groups in total. The maximum absolute atomic E-state index is 6.25. The maximum atomic E-state index is 6.25. The minimum absolute atomic E-state index is 0.0112. The molecule has 1 aromatic carbocycles. The molecule has 2 aromatic rings. The van der Waals surface area contributed by atoms with Gasteiger partial charge < -0.3 is 15.4 Å². The van der Waals surface area contributed by atoms with Crippen molar-refractivity contribution in [2.75, 3.05) is 25.7 Å². The molecule has 0 spiro atoms. The summed E-state index contributed by atoms with van der Waals surface area (Å²) in [5.41, 5.74) is 8.44. The molecule has 0 aliphatic rings. The van der Waals surface area contributed by atoms with Gasteiger partial charge in [-0.3, -0.25) is 0 Å². The summed E-state index contributed by atoms with van der Waals surface area (Å²) in [6.45, 7) is 2.81. The van der Waals surface area contributed by atoms with Gasteiger partial charge in [0.2, 0.25) is 0 Å². The second-order valence-corrected chi connectivity index (χ2v) is 6.09. The third kappa shape index (κ3) is 4.27. The van der Waals surface area contributed by atoms with Crippen LogP contribution in [0.15, 0.2) is 35.7 Å². The van der Waals surface area contributed by atoms with Gasteiger partial charge in [-0.05, 0) is 12.5 Å². The van der Waals surface area contributed by atoms with Crippen LogP contribution in [0, 0.1) is 0 Å². The van der Waals surface area contributed by atoms with Gasteiger partial charge in [0.15, 0.2) is 5.13 Å². The molecule has 21 heavy (non-hydrogen) atoms. The smallest absolute Gasteiger partial charge is 0.185 e. The largest absolute Gasteiger partial charge is 0.383 e. The molecule has 0 saturated heterocycles. The second-order valence-electron chi connectivity index (χ2n) is 5.26. The van der Waals surface area contributed by atoms with Gasteiger partial charge in [-0.15, -0.1) is 11.3 Å². The highest BCUT2D eigenvalue weighted by Crippen LogP contribution is 2.24. The zero-order valence-corrected chi connectivity index (χ0v) is 13.6. The van der Waals surface area contributed by atoms with Crippen LogP contribution < -0.4 is 10.6 Å². The van der Waals surface area contributed by atoms with Gasteiger partial charge in [0.1, 0.15) is 0 Å². The lowest BCUT2D eigenvalue weighted by Crippen LogP contribution is -2.32. The highest BCUT2D eigenvalue weighted by Gasteiger charge is 2.15. The van der Waals surface area contributed by atoms with Crippen LogP contribution in [-0.2, 0) is 11.2 Å². The van der Waals surface area contributed by atoms with E-state index in [0.29, 0.717) is 12.6 Å². The number of rotatable bonds is 7. The number of aromatic nitrogens is 1. The Morgan fingerprint density at radius 3 is 2.71 bits per heavy atom. The number of likely N-dealkylation sites (N-methyl/N-ethyl adjacent to an activating group) is 1. The first-order valence-corrected chi connectivity index (χ1v) is 7.96. The molecule has 0 saturated carbocycles. The van der Waals surface area contributed by atoms with Crippen LogP contribution in [0.2, 0.25) is 0 Å². The van der Waals surface area contributed by atoms with Crippen LogP contribution in [0.4, 0.5) is 5.13 Å². The molecule has 0 radical (unpaired) electrons. The van der Waals surface area contributed by atoms with Crippen LogP contribution in [0.3, 0.4) is 0 Å². The highest BCUT2D eigenvalue weighted by molar-refractivity contribution is 7.13. The average Bonchev–Trinajstić information content (AvgIpc) is 2.96. The molecular formula is C16H23N3OS. The Labute approximate surface area is 130 Å². The number of anilines is 1. The number of nitrogens with two attached hydrogens (primary N) is 1. The Bertz CT molecular complexity index is 543. The predicted octanol–water partition coefficient (Wildman–Crippen LogP) is 2.86. The Morgan fingerprint density at radius 1 is 1.33 bits per heavy atom. The van der Waals surface area contributed by atoms with E-state index in [4.69, 9.17) is 10.5 Å². The molecule has 2 unspecified atom stereocenters. The van der Waals surface area contributed by atoms with Crippen molar-refractivity contribution in [3.63, 3.8) is 0 Å². The maximum Gasteiger partial charge on any atom is 0.185 e. The number of thiazole rings is 1. The van der Waals surface area contributed by atoms with Gasteiger partial charge in [-0.2, -0.15) is 0 Å². The molecule has 2 atom stereocenters. The zero-order chi connectivity index (χ0) is 15.2. The lowest BCUT2D eigenvalue weighted by atomic mass is 10.0. The first-order chi connectivity index (χ1) is 10.1. The quantitative estimate of drug-likeness (QED) is 0.854. The lowest BCUT2D eigenvalue weighted by molar-refractivity contribution is 0.183. The van der Waals surface area contributed by atoms with E-state index in [1.54, 1.807) is 18.4 Å². The molecule has 1 aromatic heterocycles. The number of ether oxygens (including phenoxy) is 1. The molecule has 0 amide bonds. The third-order valence-electron chi connectivity index (χ3n) is 3.57. The van der Waals surface area contributed by atoms with E-state index in [-0.39, 0.29) is 6.04 Å². The Hall–Kier alpha value is -1.43.